The summed E-state index contributed by atoms with van der Waals surface area (Å²) in [7, 11) is 0. The standard InChI is InChI=1S/C17H25N3O/c1-12-5-7-14(8-6-12)19-17(21)11-20-9-13-3-2-4-16(18)15(13)10-20/h5-8,13,15-16H,2-4,9-11,18H2,1H3,(H,19,21). The van der Waals surface area contributed by atoms with E-state index in [0.717, 1.165) is 25.2 Å². The highest BCUT2D eigenvalue weighted by molar-refractivity contribution is 5.92. The molecule has 1 amide bonds. The number of hydrogen-bond acceptors (Lipinski definition) is 3. The van der Waals surface area contributed by atoms with Crippen molar-refractivity contribution in [2.45, 2.75) is 32.2 Å². The van der Waals surface area contributed by atoms with Crippen LogP contribution in [-0.4, -0.2) is 36.5 Å². The summed E-state index contributed by atoms with van der Waals surface area (Å²) in [6.07, 6.45) is 3.66. The Balaban J connectivity index is 1.52. The predicted molar refractivity (Wildman–Crippen MR) is 85.1 cm³/mol. The van der Waals surface area contributed by atoms with Gasteiger partial charge in [-0.15, -0.1) is 0 Å². The summed E-state index contributed by atoms with van der Waals surface area (Å²) >= 11 is 0. The van der Waals surface area contributed by atoms with E-state index in [1.54, 1.807) is 0 Å². The Labute approximate surface area is 126 Å². The van der Waals surface area contributed by atoms with Crippen LogP contribution in [0.25, 0.3) is 0 Å². The molecule has 0 radical (unpaired) electrons. The number of fused-ring (bicyclic) bond motifs is 1. The van der Waals surface area contributed by atoms with Crippen molar-refractivity contribution in [3.63, 3.8) is 0 Å². The van der Waals surface area contributed by atoms with Crippen LogP contribution in [0.4, 0.5) is 5.69 Å². The van der Waals surface area contributed by atoms with E-state index in [9.17, 15) is 4.79 Å². The minimum atomic E-state index is 0.0751. The van der Waals surface area contributed by atoms with Crippen molar-refractivity contribution >= 4 is 11.6 Å². The van der Waals surface area contributed by atoms with E-state index in [1.165, 1.54) is 18.4 Å². The molecule has 4 heteroatoms. The summed E-state index contributed by atoms with van der Waals surface area (Å²) < 4.78 is 0. The van der Waals surface area contributed by atoms with Crippen molar-refractivity contribution in [3.05, 3.63) is 29.8 Å². The Morgan fingerprint density at radius 1 is 1.29 bits per heavy atom. The monoisotopic (exact) mass is 287 g/mol. The average molecular weight is 287 g/mol. The molecule has 1 aliphatic heterocycles. The second kappa shape index (κ2) is 6.16. The molecule has 4 nitrogen and oxygen atoms in total. The molecule has 0 spiro atoms. The molecule has 1 heterocycles. The van der Waals surface area contributed by atoms with Gasteiger partial charge in [-0.3, -0.25) is 9.69 Å². The number of carbonyl (C=O) groups is 1. The molecule has 1 aromatic carbocycles. The summed E-state index contributed by atoms with van der Waals surface area (Å²) in [6.45, 7) is 4.53. The molecule has 114 valence electrons. The van der Waals surface area contributed by atoms with Gasteiger partial charge in [-0.25, -0.2) is 0 Å². The highest BCUT2D eigenvalue weighted by Crippen LogP contribution is 2.35. The molecule has 0 aromatic heterocycles. The minimum Gasteiger partial charge on any atom is -0.327 e. The maximum atomic E-state index is 12.2. The summed E-state index contributed by atoms with van der Waals surface area (Å²) in [4.78, 5) is 14.4. The van der Waals surface area contributed by atoms with E-state index < -0.39 is 0 Å². The van der Waals surface area contributed by atoms with Gasteiger partial charge in [-0.1, -0.05) is 24.1 Å². The summed E-state index contributed by atoms with van der Waals surface area (Å²) in [5.41, 5.74) is 8.30. The first kappa shape index (κ1) is 14.5. The minimum absolute atomic E-state index is 0.0751. The highest BCUT2D eigenvalue weighted by atomic mass is 16.2. The third kappa shape index (κ3) is 3.44. The Bertz CT molecular complexity index is 499. The van der Waals surface area contributed by atoms with Crippen molar-refractivity contribution in [1.29, 1.82) is 0 Å². The van der Waals surface area contributed by atoms with Crippen LogP contribution in [0.3, 0.4) is 0 Å². The number of likely N-dealkylation sites (tertiary alicyclic amines) is 1. The average Bonchev–Trinajstić information content (AvgIpc) is 2.85. The Hall–Kier alpha value is -1.39. The lowest BCUT2D eigenvalue weighted by molar-refractivity contribution is -0.117. The largest absolute Gasteiger partial charge is 0.327 e. The van der Waals surface area contributed by atoms with Gasteiger partial charge >= 0.3 is 0 Å². The molecule has 3 atom stereocenters. The van der Waals surface area contributed by atoms with E-state index in [0.29, 0.717) is 24.4 Å². The lowest BCUT2D eigenvalue weighted by Gasteiger charge is -2.29. The first-order chi connectivity index (χ1) is 10.1. The van der Waals surface area contributed by atoms with Gasteiger partial charge in [0.25, 0.3) is 0 Å². The first-order valence-corrected chi connectivity index (χ1v) is 7.96. The van der Waals surface area contributed by atoms with Crippen LogP contribution in [0, 0.1) is 18.8 Å². The molecule has 1 saturated heterocycles. The maximum Gasteiger partial charge on any atom is 0.238 e. The number of carbonyl (C=O) groups excluding carboxylic acids is 1. The van der Waals surface area contributed by atoms with Crippen molar-refractivity contribution in [2.75, 3.05) is 25.0 Å². The molecule has 1 aliphatic carbocycles. The summed E-state index contributed by atoms with van der Waals surface area (Å²) in [5, 5.41) is 2.98. The van der Waals surface area contributed by atoms with E-state index in [-0.39, 0.29) is 5.91 Å². The zero-order chi connectivity index (χ0) is 14.8. The quantitative estimate of drug-likeness (QED) is 0.894. The number of nitrogens with zero attached hydrogens (tertiary/aromatic N) is 1. The van der Waals surface area contributed by atoms with Gasteiger partial charge in [0.1, 0.15) is 0 Å². The smallest absolute Gasteiger partial charge is 0.238 e. The van der Waals surface area contributed by atoms with Crippen LogP contribution in [0.5, 0.6) is 0 Å². The zero-order valence-corrected chi connectivity index (χ0v) is 12.7. The van der Waals surface area contributed by atoms with Gasteiger partial charge in [-0.2, -0.15) is 0 Å². The van der Waals surface area contributed by atoms with Gasteiger partial charge in [0.2, 0.25) is 5.91 Å². The number of aryl methyl sites for hydroxylation is 1. The van der Waals surface area contributed by atoms with Crippen LogP contribution in [0.2, 0.25) is 0 Å². The number of rotatable bonds is 3. The molecular weight excluding hydrogens is 262 g/mol. The van der Waals surface area contributed by atoms with Crippen LogP contribution in [-0.2, 0) is 4.79 Å². The summed E-state index contributed by atoms with van der Waals surface area (Å²) in [6, 6.07) is 8.26. The molecule has 1 aromatic rings. The van der Waals surface area contributed by atoms with Gasteiger partial charge in [0, 0.05) is 24.8 Å². The zero-order valence-electron chi connectivity index (χ0n) is 12.7. The number of hydrogen-bond donors (Lipinski definition) is 2. The summed E-state index contributed by atoms with van der Waals surface area (Å²) in [5.74, 6) is 1.36. The van der Waals surface area contributed by atoms with Gasteiger partial charge < -0.3 is 11.1 Å². The molecule has 3 unspecified atom stereocenters. The SMILES string of the molecule is Cc1ccc(NC(=O)CN2CC3CCCC(N)C3C2)cc1. The van der Waals surface area contributed by atoms with Crippen LogP contribution >= 0.6 is 0 Å². The van der Waals surface area contributed by atoms with Crippen molar-refractivity contribution < 1.29 is 4.79 Å². The molecule has 1 saturated carbocycles. The second-order valence-electron chi connectivity index (χ2n) is 6.63. The molecule has 2 fully saturated rings. The van der Waals surface area contributed by atoms with E-state index in [2.05, 4.69) is 10.2 Å². The van der Waals surface area contributed by atoms with Crippen molar-refractivity contribution in [2.24, 2.45) is 17.6 Å². The molecule has 3 N–H and O–H groups in total. The lowest BCUT2D eigenvalue weighted by Crippen LogP contribution is -2.38. The highest BCUT2D eigenvalue weighted by Gasteiger charge is 2.38. The number of benzene rings is 1. The van der Waals surface area contributed by atoms with E-state index >= 15 is 0 Å². The topological polar surface area (TPSA) is 58.4 Å². The van der Waals surface area contributed by atoms with Gasteiger partial charge in [0.15, 0.2) is 0 Å². The molecular formula is C17H25N3O. The lowest BCUT2D eigenvalue weighted by atomic mass is 9.78. The Morgan fingerprint density at radius 3 is 2.76 bits per heavy atom. The number of anilines is 1. The molecule has 0 bridgehead atoms. The first-order valence-electron chi connectivity index (χ1n) is 7.96. The molecule has 2 aliphatic rings. The molecule has 21 heavy (non-hydrogen) atoms. The van der Waals surface area contributed by atoms with E-state index in [4.69, 9.17) is 5.73 Å². The van der Waals surface area contributed by atoms with Gasteiger partial charge in [0.05, 0.1) is 6.54 Å². The maximum absolute atomic E-state index is 12.2. The Kier molecular flexibility index (Phi) is 4.27. The second-order valence-corrected chi connectivity index (χ2v) is 6.63. The predicted octanol–water partition coefficient (Wildman–Crippen LogP) is 1.99. The number of nitrogens with two attached hydrogens (primary N) is 1. The fourth-order valence-electron chi connectivity index (χ4n) is 3.78. The fourth-order valence-corrected chi connectivity index (χ4v) is 3.78. The van der Waals surface area contributed by atoms with E-state index in [1.807, 2.05) is 31.2 Å². The third-order valence-corrected chi connectivity index (χ3v) is 4.93. The van der Waals surface area contributed by atoms with Crippen LogP contribution in [0.15, 0.2) is 24.3 Å². The third-order valence-electron chi connectivity index (χ3n) is 4.93. The van der Waals surface area contributed by atoms with Crippen molar-refractivity contribution in [3.8, 4) is 0 Å². The van der Waals surface area contributed by atoms with Crippen LogP contribution in [0.1, 0.15) is 24.8 Å². The number of amides is 1. The van der Waals surface area contributed by atoms with Gasteiger partial charge in [-0.05, 0) is 43.7 Å². The number of nitrogens with one attached hydrogen (secondary N) is 1. The fraction of sp³-hybridized carbons (Fsp3) is 0.588. The van der Waals surface area contributed by atoms with Crippen molar-refractivity contribution in [1.82, 2.24) is 4.90 Å². The normalized spacial score (nSPS) is 29.1. The van der Waals surface area contributed by atoms with Crippen LogP contribution < -0.4 is 11.1 Å². The molecule has 3 rings (SSSR count). The Morgan fingerprint density at radius 2 is 2.05 bits per heavy atom.